The molecule has 0 bridgehead atoms. The van der Waals surface area contributed by atoms with Gasteiger partial charge in [0.1, 0.15) is 0 Å². The Hall–Kier alpha value is -2.12. The van der Waals surface area contributed by atoms with Crippen molar-refractivity contribution in [1.29, 1.82) is 0 Å². The van der Waals surface area contributed by atoms with Crippen LogP contribution in [-0.4, -0.2) is 33.7 Å². The van der Waals surface area contributed by atoms with Crippen molar-refractivity contribution in [2.24, 2.45) is 0 Å². The number of aromatic nitrogens is 2. The predicted molar refractivity (Wildman–Crippen MR) is 101 cm³/mol. The number of rotatable bonds is 7. The van der Waals surface area contributed by atoms with E-state index >= 15 is 0 Å². The Kier molecular flexibility index (Phi) is 7.41. The van der Waals surface area contributed by atoms with Gasteiger partial charge in [-0.1, -0.05) is 41.6 Å². The summed E-state index contributed by atoms with van der Waals surface area (Å²) >= 11 is 7.22. The van der Waals surface area contributed by atoms with Gasteiger partial charge in [0.15, 0.2) is 11.3 Å². The quantitative estimate of drug-likeness (QED) is 0.442. The lowest BCUT2D eigenvalue weighted by Gasteiger charge is -2.14. The van der Waals surface area contributed by atoms with E-state index < -0.39 is 12.1 Å². The summed E-state index contributed by atoms with van der Waals surface area (Å²) in [6.07, 6.45) is -0.897. The molecule has 1 aromatic carbocycles. The van der Waals surface area contributed by atoms with Gasteiger partial charge in [-0.25, -0.2) is 9.97 Å². The lowest BCUT2D eigenvalue weighted by atomic mass is 10.2. The molecule has 26 heavy (non-hydrogen) atoms. The van der Waals surface area contributed by atoms with Crippen LogP contribution >= 0.6 is 23.4 Å². The molecule has 0 radical (unpaired) electrons. The molecule has 2 aromatic rings. The van der Waals surface area contributed by atoms with Crippen LogP contribution in [0.5, 0.6) is 0 Å². The first kappa shape index (κ1) is 20.2. The molecule has 1 atom stereocenters. The number of ether oxygens (including phenoxy) is 1. The molecule has 1 heterocycles. The second-order valence-electron chi connectivity index (χ2n) is 5.66. The summed E-state index contributed by atoms with van der Waals surface area (Å²) in [4.78, 5) is 32.5. The van der Waals surface area contributed by atoms with Crippen molar-refractivity contribution in [2.45, 2.75) is 38.6 Å². The average molecular weight is 394 g/mol. The first-order valence-corrected chi connectivity index (χ1v) is 9.37. The van der Waals surface area contributed by atoms with Gasteiger partial charge in [-0.15, -0.1) is 0 Å². The van der Waals surface area contributed by atoms with Crippen LogP contribution in [0.15, 0.2) is 35.5 Å². The van der Waals surface area contributed by atoms with Crippen molar-refractivity contribution in [3.05, 3.63) is 52.3 Å². The fourth-order valence-corrected chi connectivity index (χ4v) is 3.07. The van der Waals surface area contributed by atoms with Crippen LogP contribution in [0.1, 0.15) is 23.9 Å². The van der Waals surface area contributed by atoms with Gasteiger partial charge in [0.25, 0.3) is 5.91 Å². The van der Waals surface area contributed by atoms with E-state index in [1.165, 1.54) is 18.7 Å². The largest absolute Gasteiger partial charge is 0.452 e. The monoisotopic (exact) mass is 393 g/mol. The summed E-state index contributed by atoms with van der Waals surface area (Å²) in [5.41, 5.74) is 2.46. The number of hydrogen-bond donors (Lipinski definition) is 1. The van der Waals surface area contributed by atoms with Gasteiger partial charge in [0.2, 0.25) is 0 Å². The second kappa shape index (κ2) is 9.54. The topological polar surface area (TPSA) is 81.2 Å². The van der Waals surface area contributed by atoms with Crippen LogP contribution in [0.2, 0.25) is 5.02 Å². The Bertz CT molecular complexity index is 781. The predicted octanol–water partition coefficient (Wildman–Crippen LogP) is 3.09. The maximum Gasteiger partial charge on any atom is 0.317 e. The molecule has 1 aromatic heterocycles. The molecule has 2 rings (SSSR count). The zero-order valence-electron chi connectivity index (χ0n) is 14.8. The molecule has 1 amide bonds. The van der Waals surface area contributed by atoms with Gasteiger partial charge in [0.05, 0.1) is 5.75 Å². The van der Waals surface area contributed by atoms with Crippen LogP contribution in [-0.2, 0) is 20.9 Å². The lowest BCUT2D eigenvalue weighted by Crippen LogP contribution is -2.35. The van der Waals surface area contributed by atoms with Crippen LogP contribution in [0.4, 0.5) is 0 Å². The Balaban J connectivity index is 1.78. The van der Waals surface area contributed by atoms with Crippen molar-refractivity contribution in [3.63, 3.8) is 0 Å². The number of nitrogens with zero attached hydrogens (tertiary/aromatic N) is 2. The van der Waals surface area contributed by atoms with Gasteiger partial charge >= 0.3 is 5.97 Å². The first-order valence-electron chi connectivity index (χ1n) is 8.01. The van der Waals surface area contributed by atoms with Crippen LogP contribution in [0, 0.1) is 13.8 Å². The number of thioether (sulfide) groups is 1. The molecule has 0 saturated carbocycles. The van der Waals surface area contributed by atoms with Gasteiger partial charge < -0.3 is 10.1 Å². The minimum absolute atomic E-state index is 0.0328. The normalized spacial score (nSPS) is 11.7. The summed E-state index contributed by atoms with van der Waals surface area (Å²) in [5.74, 6) is -0.852. The number of halogens is 1. The number of esters is 1. The minimum atomic E-state index is -0.897. The van der Waals surface area contributed by atoms with E-state index in [2.05, 4.69) is 15.3 Å². The standard InChI is InChI=1S/C18H20ClN3O3S/c1-11-8-12(2)22-18(21-11)26-10-16(23)25-13(3)17(24)20-9-14-6-4-5-7-15(14)19/h4-8,13H,9-10H2,1-3H3,(H,20,24)/t13-/m0/s1. The maximum absolute atomic E-state index is 12.1. The zero-order chi connectivity index (χ0) is 19.1. The molecule has 0 fully saturated rings. The van der Waals surface area contributed by atoms with E-state index in [9.17, 15) is 9.59 Å². The highest BCUT2D eigenvalue weighted by atomic mass is 35.5. The summed E-state index contributed by atoms with van der Waals surface area (Å²) in [6.45, 7) is 5.52. The van der Waals surface area contributed by atoms with Gasteiger partial charge in [-0.2, -0.15) is 0 Å². The molecule has 0 aliphatic heterocycles. The molecule has 0 spiro atoms. The van der Waals surface area contributed by atoms with Gasteiger partial charge in [-0.3, -0.25) is 9.59 Å². The maximum atomic E-state index is 12.1. The molecule has 0 aliphatic rings. The Labute approximate surface area is 161 Å². The number of carbonyl (C=O) groups excluding carboxylic acids is 2. The van der Waals surface area contributed by atoms with E-state index in [-0.39, 0.29) is 18.2 Å². The van der Waals surface area contributed by atoms with Crippen molar-refractivity contribution in [1.82, 2.24) is 15.3 Å². The lowest BCUT2D eigenvalue weighted by molar-refractivity contribution is -0.152. The van der Waals surface area contributed by atoms with E-state index in [1.54, 1.807) is 6.07 Å². The molecule has 0 saturated heterocycles. The highest BCUT2D eigenvalue weighted by molar-refractivity contribution is 7.99. The van der Waals surface area contributed by atoms with Crippen molar-refractivity contribution in [2.75, 3.05) is 5.75 Å². The fraction of sp³-hybridized carbons (Fsp3) is 0.333. The zero-order valence-corrected chi connectivity index (χ0v) is 16.4. The molecule has 0 aliphatic carbocycles. The number of carbonyl (C=O) groups is 2. The summed E-state index contributed by atoms with van der Waals surface area (Å²) < 4.78 is 5.15. The van der Waals surface area contributed by atoms with Crippen molar-refractivity contribution >= 4 is 35.2 Å². The third-order valence-electron chi connectivity index (χ3n) is 3.37. The smallest absolute Gasteiger partial charge is 0.317 e. The number of hydrogen-bond acceptors (Lipinski definition) is 6. The number of amides is 1. The fourth-order valence-electron chi connectivity index (χ4n) is 2.13. The van der Waals surface area contributed by atoms with Gasteiger partial charge in [0, 0.05) is 23.0 Å². The molecular weight excluding hydrogens is 374 g/mol. The highest BCUT2D eigenvalue weighted by Crippen LogP contribution is 2.15. The van der Waals surface area contributed by atoms with E-state index in [0.717, 1.165) is 17.0 Å². The summed E-state index contributed by atoms with van der Waals surface area (Å²) in [5, 5.41) is 3.78. The molecule has 6 nitrogen and oxygen atoms in total. The van der Waals surface area contributed by atoms with E-state index in [0.29, 0.717) is 10.2 Å². The van der Waals surface area contributed by atoms with Crippen LogP contribution in [0.25, 0.3) is 0 Å². The molecular formula is C18H20ClN3O3S. The summed E-state index contributed by atoms with van der Waals surface area (Å²) in [6, 6.07) is 9.07. The summed E-state index contributed by atoms with van der Waals surface area (Å²) in [7, 11) is 0. The van der Waals surface area contributed by atoms with Crippen molar-refractivity contribution in [3.8, 4) is 0 Å². The van der Waals surface area contributed by atoms with Crippen LogP contribution in [0.3, 0.4) is 0 Å². The van der Waals surface area contributed by atoms with E-state index in [1.807, 2.05) is 38.1 Å². The van der Waals surface area contributed by atoms with Crippen molar-refractivity contribution < 1.29 is 14.3 Å². The molecule has 1 N–H and O–H groups in total. The SMILES string of the molecule is Cc1cc(C)nc(SCC(=O)O[C@@H](C)C(=O)NCc2ccccc2Cl)n1. The van der Waals surface area contributed by atoms with Gasteiger partial charge in [-0.05, 0) is 38.5 Å². The number of aryl methyl sites for hydroxylation is 2. The van der Waals surface area contributed by atoms with Crippen LogP contribution < -0.4 is 5.32 Å². The molecule has 8 heteroatoms. The number of benzene rings is 1. The Morgan fingerprint density at radius 1 is 1.23 bits per heavy atom. The number of nitrogens with one attached hydrogen (secondary N) is 1. The minimum Gasteiger partial charge on any atom is -0.452 e. The first-order chi connectivity index (χ1) is 12.3. The Morgan fingerprint density at radius 3 is 2.54 bits per heavy atom. The molecule has 138 valence electrons. The average Bonchev–Trinajstić information content (AvgIpc) is 2.58. The molecule has 0 unspecified atom stereocenters. The third kappa shape index (κ3) is 6.31. The highest BCUT2D eigenvalue weighted by Gasteiger charge is 2.18. The van der Waals surface area contributed by atoms with E-state index in [4.69, 9.17) is 16.3 Å². The third-order valence-corrected chi connectivity index (χ3v) is 4.56. The second-order valence-corrected chi connectivity index (χ2v) is 7.01. The Morgan fingerprint density at radius 2 is 1.88 bits per heavy atom.